The summed E-state index contributed by atoms with van der Waals surface area (Å²) in [5.41, 5.74) is 1.74. The molecule has 1 aromatic heterocycles. The lowest BCUT2D eigenvalue weighted by molar-refractivity contribution is -0.119. The summed E-state index contributed by atoms with van der Waals surface area (Å²) in [7, 11) is -1.82. The summed E-state index contributed by atoms with van der Waals surface area (Å²) in [5, 5.41) is 3.21. The molecule has 0 radical (unpaired) electrons. The number of thiazole rings is 1. The van der Waals surface area contributed by atoms with Crippen LogP contribution in [-0.2, 0) is 14.8 Å². The zero-order valence-corrected chi connectivity index (χ0v) is 15.3. The molecule has 130 valence electrons. The van der Waals surface area contributed by atoms with Crippen molar-refractivity contribution in [2.24, 2.45) is 0 Å². The molecule has 9 heteroatoms. The minimum atomic E-state index is -3.40. The molecule has 1 aromatic carbocycles. The summed E-state index contributed by atoms with van der Waals surface area (Å²) in [6.45, 7) is 2.34. The number of amides is 1. The normalized spacial score (nSPS) is 18.9. The van der Waals surface area contributed by atoms with Crippen molar-refractivity contribution in [3.63, 3.8) is 0 Å². The van der Waals surface area contributed by atoms with E-state index in [1.807, 2.05) is 19.1 Å². The zero-order chi connectivity index (χ0) is 17.5. The van der Waals surface area contributed by atoms with Crippen LogP contribution in [0, 0.1) is 6.92 Å². The SMILES string of the molecule is COc1ccc(C)c2sc(NC(=O)C3CCCN3S(C)(=O)=O)nc12. The van der Waals surface area contributed by atoms with Crippen LogP contribution in [0.25, 0.3) is 10.2 Å². The number of anilines is 1. The molecule has 2 heterocycles. The average molecular weight is 369 g/mol. The van der Waals surface area contributed by atoms with Gasteiger partial charge in [0.15, 0.2) is 5.13 Å². The first-order chi connectivity index (χ1) is 11.3. The van der Waals surface area contributed by atoms with Crippen LogP contribution in [0.2, 0.25) is 0 Å². The van der Waals surface area contributed by atoms with E-state index in [2.05, 4.69) is 10.3 Å². The van der Waals surface area contributed by atoms with Gasteiger partial charge in [-0.1, -0.05) is 17.4 Å². The number of hydrogen-bond donors (Lipinski definition) is 1. The number of nitrogens with zero attached hydrogens (tertiary/aromatic N) is 2. The third-order valence-electron chi connectivity index (χ3n) is 4.09. The van der Waals surface area contributed by atoms with E-state index in [-0.39, 0.29) is 5.91 Å². The minimum absolute atomic E-state index is 0.339. The molecule has 0 spiro atoms. The number of nitrogens with one attached hydrogen (secondary N) is 1. The van der Waals surface area contributed by atoms with Gasteiger partial charge >= 0.3 is 0 Å². The molecule has 7 nitrogen and oxygen atoms in total. The van der Waals surface area contributed by atoms with E-state index in [9.17, 15) is 13.2 Å². The number of benzene rings is 1. The molecule has 0 aliphatic carbocycles. The summed E-state index contributed by atoms with van der Waals surface area (Å²) in [4.78, 5) is 16.9. The molecule has 0 saturated carbocycles. The highest BCUT2D eigenvalue weighted by Crippen LogP contribution is 2.35. The maximum absolute atomic E-state index is 12.5. The number of methoxy groups -OCH3 is 1. The van der Waals surface area contributed by atoms with Crippen molar-refractivity contribution in [2.75, 3.05) is 25.2 Å². The minimum Gasteiger partial charge on any atom is -0.494 e. The fourth-order valence-electron chi connectivity index (χ4n) is 2.92. The summed E-state index contributed by atoms with van der Waals surface area (Å²) >= 11 is 1.36. The van der Waals surface area contributed by atoms with Gasteiger partial charge in [-0.05, 0) is 31.4 Å². The monoisotopic (exact) mass is 369 g/mol. The summed E-state index contributed by atoms with van der Waals surface area (Å²) in [6.07, 6.45) is 2.33. The molecule has 2 aromatic rings. The average Bonchev–Trinajstić information content (AvgIpc) is 3.13. The highest BCUT2D eigenvalue weighted by Gasteiger charge is 2.36. The Morgan fingerprint density at radius 3 is 2.88 bits per heavy atom. The Bertz CT molecular complexity index is 892. The fourth-order valence-corrected chi connectivity index (χ4v) is 4.99. The Morgan fingerprint density at radius 2 is 2.21 bits per heavy atom. The Morgan fingerprint density at radius 1 is 1.46 bits per heavy atom. The number of carbonyl (C=O) groups excluding carboxylic acids is 1. The molecule has 1 aliphatic rings. The molecule has 1 N–H and O–H groups in total. The van der Waals surface area contributed by atoms with Gasteiger partial charge in [-0.25, -0.2) is 13.4 Å². The van der Waals surface area contributed by atoms with Crippen molar-refractivity contribution >= 4 is 42.6 Å². The number of ether oxygens (including phenoxy) is 1. The lowest BCUT2D eigenvalue weighted by Gasteiger charge is -2.20. The second-order valence-electron chi connectivity index (χ2n) is 5.80. The van der Waals surface area contributed by atoms with Crippen LogP contribution >= 0.6 is 11.3 Å². The molecule has 24 heavy (non-hydrogen) atoms. The molecule has 3 rings (SSSR count). The van der Waals surface area contributed by atoms with Crippen molar-refractivity contribution in [3.05, 3.63) is 17.7 Å². The lowest BCUT2D eigenvalue weighted by Crippen LogP contribution is -2.42. The van der Waals surface area contributed by atoms with Crippen LogP contribution in [0.3, 0.4) is 0 Å². The Labute approximate surface area is 144 Å². The van der Waals surface area contributed by atoms with E-state index >= 15 is 0 Å². The van der Waals surface area contributed by atoms with E-state index in [4.69, 9.17) is 4.74 Å². The third-order valence-corrected chi connectivity index (χ3v) is 6.48. The molecule has 1 amide bonds. The number of fused-ring (bicyclic) bond motifs is 1. The Balaban J connectivity index is 1.87. The summed E-state index contributed by atoms with van der Waals surface area (Å²) in [6, 6.07) is 3.11. The van der Waals surface area contributed by atoms with Crippen LogP contribution in [0.15, 0.2) is 12.1 Å². The van der Waals surface area contributed by atoms with Crippen molar-refractivity contribution in [3.8, 4) is 5.75 Å². The maximum atomic E-state index is 12.5. The first kappa shape index (κ1) is 17.1. The third kappa shape index (κ3) is 3.11. The van der Waals surface area contributed by atoms with Crippen LogP contribution in [0.1, 0.15) is 18.4 Å². The number of sulfonamides is 1. The van der Waals surface area contributed by atoms with Gasteiger partial charge in [0.2, 0.25) is 15.9 Å². The van der Waals surface area contributed by atoms with Gasteiger partial charge in [0.05, 0.1) is 18.1 Å². The molecule has 1 saturated heterocycles. The van der Waals surface area contributed by atoms with E-state index in [1.165, 1.54) is 15.6 Å². The standard InChI is InChI=1S/C15H19N3O4S2/c1-9-6-7-11(22-2)12-13(9)23-15(16-12)17-14(19)10-5-4-8-18(10)24(3,20)21/h6-7,10H,4-5,8H2,1-3H3,(H,16,17,19). The largest absolute Gasteiger partial charge is 0.494 e. The molecule has 0 bridgehead atoms. The molecule has 1 aliphatic heterocycles. The van der Waals surface area contributed by atoms with Gasteiger partial charge in [-0.15, -0.1) is 0 Å². The highest BCUT2D eigenvalue weighted by atomic mass is 32.2. The van der Waals surface area contributed by atoms with Crippen molar-refractivity contribution in [2.45, 2.75) is 25.8 Å². The predicted octanol–water partition coefficient (Wildman–Crippen LogP) is 1.98. The van der Waals surface area contributed by atoms with E-state index in [1.54, 1.807) is 7.11 Å². The topological polar surface area (TPSA) is 88.6 Å². The van der Waals surface area contributed by atoms with Gasteiger partial charge in [0.1, 0.15) is 17.3 Å². The van der Waals surface area contributed by atoms with Gasteiger partial charge in [0.25, 0.3) is 0 Å². The zero-order valence-electron chi connectivity index (χ0n) is 13.7. The number of aromatic nitrogens is 1. The maximum Gasteiger partial charge on any atom is 0.244 e. The number of aryl methyl sites for hydroxylation is 1. The van der Waals surface area contributed by atoms with Gasteiger partial charge < -0.3 is 10.1 Å². The number of rotatable bonds is 4. The predicted molar refractivity (Wildman–Crippen MR) is 94.1 cm³/mol. The molecular weight excluding hydrogens is 350 g/mol. The first-order valence-electron chi connectivity index (χ1n) is 7.53. The second-order valence-corrected chi connectivity index (χ2v) is 8.74. The molecule has 1 unspecified atom stereocenters. The van der Waals surface area contributed by atoms with Gasteiger partial charge in [0, 0.05) is 6.54 Å². The first-order valence-corrected chi connectivity index (χ1v) is 10.2. The fraction of sp³-hybridized carbons (Fsp3) is 0.467. The van der Waals surface area contributed by atoms with E-state index in [0.29, 0.717) is 35.8 Å². The Kier molecular flexibility index (Phi) is 4.50. The van der Waals surface area contributed by atoms with Crippen LogP contribution < -0.4 is 10.1 Å². The van der Waals surface area contributed by atoms with Gasteiger partial charge in [-0.3, -0.25) is 4.79 Å². The second kappa shape index (κ2) is 6.30. The lowest BCUT2D eigenvalue weighted by atomic mass is 10.2. The van der Waals surface area contributed by atoms with E-state index in [0.717, 1.165) is 16.5 Å². The smallest absolute Gasteiger partial charge is 0.244 e. The Hall–Kier alpha value is -1.71. The molecular formula is C15H19N3O4S2. The highest BCUT2D eigenvalue weighted by molar-refractivity contribution is 7.88. The van der Waals surface area contributed by atoms with Gasteiger partial charge in [-0.2, -0.15) is 4.31 Å². The van der Waals surface area contributed by atoms with Crippen molar-refractivity contribution in [1.29, 1.82) is 0 Å². The van der Waals surface area contributed by atoms with Crippen LogP contribution in [0.5, 0.6) is 5.75 Å². The number of carbonyl (C=O) groups is 1. The van der Waals surface area contributed by atoms with Crippen molar-refractivity contribution < 1.29 is 17.9 Å². The van der Waals surface area contributed by atoms with Crippen LogP contribution in [-0.4, -0.2) is 49.6 Å². The van der Waals surface area contributed by atoms with Crippen molar-refractivity contribution in [1.82, 2.24) is 9.29 Å². The summed E-state index contributed by atoms with van der Waals surface area (Å²) in [5.74, 6) is 0.305. The van der Waals surface area contributed by atoms with E-state index < -0.39 is 16.1 Å². The quantitative estimate of drug-likeness (QED) is 0.890. The molecule has 1 fully saturated rings. The van der Waals surface area contributed by atoms with Crippen LogP contribution in [0.4, 0.5) is 5.13 Å². The molecule has 1 atom stereocenters. The number of hydrogen-bond acceptors (Lipinski definition) is 6. The summed E-state index contributed by atoms with van der Waals surface area (Å²) < 4.78 is 31.1.